The van der Waals surface area contributed by atoms with E-state index in [0.717, 1.165) is 28.6 Å². The number of alkyl halides is 4. The number of rotatable bonds is 4. The summed E-state index contributed by atoms with van der Waals surface area (Å²) in [4.78, 5) is 0. The summed E-state index contributed by atoms with van der Waals surface area (Å²) in [5.74, 6) is -0.278. The number of nitrogens with one attached hydrogen (secondary N) is 1. The van der Waals surface area contributed by atoms with Crippen LogP contribution in [0.2, 0.25) is 0 Å². The number of ether oxygens (including phenoxy) is 1. The lowest BCUT2D eigenvalue weighted by Gasteiger charge is -2.28. The van der Waals surface area contributed by atoms with E-state index >= 15 is 0 Å². The first kappa shape index (κ1) is 17.1. The lowest BCUT2D eigenvalue weighted by Crippen LogP contribution is -2.33. The van der Waals surface area contributed by atoms with E-state index in [-0.39, 0.29) is 11.8 Å². The van der Waals surface area contributed by atoms with Gasteiger partial charge in [0.2, 0.25) is 0 Å². The Morgan fingerprint density at radius 2 is 1.92 bits per heavy atom. The fourth-order valence-corrected chi connectivity index (χ4v) is 3.31. The summed E-state index contributed by atoms with van der Waals surface area (Å²) >= 11 is 3.50. The summed E-state index contributed by atoms with van der Waals surface area (Å²) < 4.78 is 55.8. The molecule has 0 aromatic heterocycles. The van der Waals surface area contributed by atoms with Crippen LogP contribution in [0.15, 0.2) is 46.9 Å². The summed E-state index contributed by atoms with van der Waals surface area (Å²) in [6.45, 7) is 0. The SMILES string of the molecule is FC(F)C(F)(F)Oc1cccc([C@H]2CCc3c(Br)cccc3N2)c1. The Labute approximate surface area is 145 Å². The van der Waals surface area contributed by atoms with E-state index in [9.17, 15) is 17.6 Å². The molecule has 0 fully saturated rings. The average Bonchev–Trinajstić information content (AvgIpc) is 2.54. The third-order valence-electron chi connectivity index (χ3n) is 3.90. The Bertz CT molecular complexity index is 738. The normalized spacial score (nSPS) is 17.3. The van der Waals surface area contributed by atoms with E-state index in [1.807, 2.05) is 18.2 Å². The maximum absolute atomic E-state index is 13.1. The van der Waals surface area contributed by atoms with Crippen LogP contribution in [0.25, 0.3) is 0 Å². The number of anilines is 1. The standard InChI is InChI=1S/C17H14BrF4NO/c18-13-5-2-6-15-12(13)7-8-14(23-15)10-3-1-4-11(9-10)24-17(21,22)16(19)20/h1-6,9,14,16,23H,7-8H2/t14-/m1/s1. The van der Waals surface area contributed by atoms with E-state index < -0.39 is 12.5 Å². The molecule has 2 aromatic rings. The fraction of sp³-hybridized carbons (Fsp3) is 0.294. The Kier molecular flexibility index (Phi) is 4.71. The van der Waals surface area contributed by atoms with Crippen LogP contribution in [0.4, 0.5) is 23.2 Å². The van der Waals surface area contributed by atoms with Crippen molar-refractivity contribution in [3.63, 3.8) is 0 Å². The van der Waals surface area contributed by atoms with Gasteiger partial charge in [0.1, 0.15) is 5.75 Å². The fourth-order valence-electron chi connectivity index (χ4n) is 2.74. The lowest BCUT2D eigenvalue weighted by molar-refractivity contribution is -0.253. The van der Waals surface area contributed by atoms with Gasteiger partial charge in [-0.15, -0.1) is 0 Å². The highest BCUT2D eigenvalue weighted by atomic mass is 79.9. The van der Waals surface area contributed by atoms with E-state index in [1.165, 1.54) is 18.2 Å². The molecule has 1 aliphatic rings. The highest BCUT2D eigenvalue weighted by Crippen LogP contribution is 2.37. The molecule has 1 aliphatic heterocycles. The van der Waals surface area contributed by atoms with Gasteiger partial charge in [-0.3, -0.25) is 0 Å². The van der Waals surface area contributed by atoms with Gasteiger partial charge in [0.15, 0.2) is 0 Å². The van der Waals surface area contributed by atoms with Gasteiger partial charge in [-0.05, 0) is 48.2 Å². The van der Waals surface area contributed by atoms with Crippen LogP contribution in [-0.2, 0) is 6.42 Å². The van der Waals surface area contributed by atoms with Gasteiger partial charge in [0.25, 0.3) is 0 Å². The molecule has 0 aliphatic carbocycles. The smallest absolute Gasteiger partial charge is 0.428 e. The largest absolute Gasteiger partial charge is 0.461 e. The maximum Gasteiger partial charge on any atom is 0.461 e. The molecule has 2 nitrogen and oxygen atoms in total. The highest BCUT2D eigenvalue weighted by Gasteiger charge is 2.44. The summed E-state index contributed by atoms with van der Waals surface area (Å²) in [6, 6.07) is 11.6. The van der Waals surface area contributed by atoms with Crippen molar-refractivity contribution in [2.45, 2.75) is 31.4 Å². The first-order chi connectivity index (χ1) is 11.4. The van der Waals surface area contributed by atoms with Crippen molar-refractivity contribution in [3.05, 3.63) is 58.1 Å². The summed E-state index contributed by atoms with van der Waals surface area (Å²) in [5, 5.41) is 3.35. The van der Waals surface area contributed by atoms with Crippen molar-refractivity contribution in [1.29, 1.82) is 0 Å². The highest BCUT2D eigenvalue weighted by molar-refractivity contribution is 9.10. The molecule has 2 aromatic carbocycles. The average molecular weight is 404 g/mol. The minimum atomic E-state index is -4.50. The molecule has 0 unspecified atom stereocenters. The molecule has 0 radical (unpaired) electrons. The topological polar surface area (TPSA) is 21.3 Å². The Hall–Kier alpha value is -1.76. The number of hydrogen-bond acceptors (Lipinski definition) is 2. The molecule has 0 bridgehead atoms. The second kappa shape index (κ2) is 6.63. The van der Waals surface area contributed by atoms with Crippen molar-refractivity contribution in [1.82, 2.24) is 0 Å². The quantitative estimate of drug-likeness (QED) is 0.652. The summed E-state index contributed by atoms with van der Waals surface area (Å²) in [7, 11) is 0. The zero-order chi connectivity index (χ0) is 17.3. The lowest BCUT2D eigenvalue weighted by atomic mass is 9.93. The minimum absolute atomic E-state index is 0.101. The van der Waals surface area contributed by atoms with E-state index in [4.69, 9.17) is 0 Å². The van der Waals surface area contributed by atoms with E-state index in [2.05, 4.69) is 26.0 Å². The Balaban J connectivity index is 1.80. The number of hydrogen-bond donors (Lipinski definition) is 1. The molecule has 0 spiro atoms. The minimum Gasteiger partial charge on any atom is -0.428 e. The van der Waals surface area contributed by atoms with E-state index in [1.54, 1.807) is 6.07 Å². The molecule has 0 saturated carbocycles. The molecule has 7 heteroatoms. The van der Waals surface area contributed by atoms with Crippen LogP contribution in [0.3, 0.4) is 0 Å². The van der Waals surface area contributed by atoms with Crippen LogP contribution >= 0.6 is 15.9 Å². The van der Waals surface area contributed by atoms with Gasteiger partial charge in [0.05, 0.1) is 6.04 Å². The predicted octanol–water partition coefficient (Wildman–Crippen LogP) is 5.79. The van der Waals surface area contributed by atoms with Gasteiger partial charge in [-0.25, -0.2) is 0 Å². The zero-order valence-electron chi connectivity index (χ0n) is 12.4. The van der Waals surface area contributed by atoms with Crippen molar-refractivity contribution in [3.8, 4) is 5.75 Å². The number of halogens is 5. The molecule has 0 saturated heterocycles. The Morgan fingerprint density at radius 3 is 2.67 bits per heavy atom. The summed E-state index contributed by atoms with van der Waals surface area (Å²) in [5.41, 5.74) is 2.83. The third-order valence-corrected chi connectivity index (χ3v) is 4.64. The third kappa shape index (κ3) is 3.50. The van der Waals surface area contributed by atoms with Crippen molar-refractivity contribution in [2.24, 2.45) is 0 Å². The second-order valence-corrected chi connectivity index (χ2v) is 6.39. The van der Waals surface area contributed by atoms with Crippen LogP contribution in [0, 0.1) is 0 Å². The van der Waals surface area contributed by atoms with Crippen molar-refractivity contribution < 1.29 is 22.3 Å². The molecule has 1 heterocycles. The van der Waals surface area contributed by atoms with Crippen LogP contribution in [0.5, 0.6) is 5.75 Å². The summed E-state index contributed by atoms with van der Waals surface area (Å²) in [6.07, 6.45) is -6.81. The van der Waals surface area contributed by atoms with Crippen LogP contribution in [0.1, 0.15) is 23.6 Å². The Morgan fingerprint density at radius 1 is 1.17 bits per heavy atom. The van der Waals surface area contributed by atoms with Crippen LogP contribution in [-0.4, -0.2) is 12.5 Å². The predicted molar refractivity (Wildman–Crippen MR) is 86.8 cm³/mol. The van der Waals surface area contributed by atoms with Gasteiger partial charge < -0.3 is 10.1 Å². The first-order valence-electron chi connectivity index (χ1n) is 7.35. The number of benzene rings is 2. The second-order valence-electron chi connectivity index (χ2n) is 5.54. The van der Waals surface area contributed by atoms with Gasteiger partial charge in [-0.1, -0.05) is 34.1 Å². The zero-order valence-corrected chi connectivity index (χ0v) is 14.0. The number of fused-ring (bicyclic) bond motifs is 1. The van der Waals surface area contributed by atoms with Gasteiger partial charge in [0, 0.05) is 10.2 Å². The monoisotopic (exact) mass is 403 g/mol. The molecule has 3 rings (SSSR count). The van der Waals surface area contributed by atoms with Crippen molar-refractivity contribution in [2.75, 3.05) is 5.32 Å². The molecule has 0 amide bonds. The first-order valence-corrected chi connectivity index (χ1v) is 8.15. The molecule has 24 heavy (non-hydrogen) atoms. The van der Waals surface area contributed by atoms with E-state index in [0.29, 0.717) is 5.56 Å². The molecular weight excluding hydrogens is 390 g/mol. The molecule has 128 valence electrons. The molecular formula is C17H14BrF4NO. The maximum atomic E-state index is 13.1. The van der Waals surface area contributed by atoms with Crippen molar-refractivity contribution >= 4 is 21.6 Å². The van der Waals surface area contributed by atoms with Gasteiger partial charge in [-0.2, -0.15) is 17.6 Å². The molecule has 1 atom stereocenters. The van der Waals surface area contributed by atoms with Crippen LogP contribution < -0.4 is 10.1 Å². The van der Waals surface area contributed by atoms with Gasteiger partial charge >= 0.3 is 12.5 Å². The molecule has 1 N–H and O–H groups in total.